The van der Waals surface area contributed by atoms with Crippen LogP contribution in [0.25, 0.3) is 11.3 Å². The number of hydrogen-bond donors (Lipinski definition) is 5. The van der Waals surface area contributed by atoms with E-state index in [1.807, 2.05) is 72.8 Å². The topological polar surface area (TPSA) is 175 Å². The molecule has 0 bridgehead atoms. The highest BCUT2D eigenvalue weighted by Crippen LogP contribution is 2.22. The van der Waals surface area contributed by atoms with Gasteiger partial charge in [-0.05, 0) is 47.9 Å². The van der Waals surface area contributed by atoms with Crippen LogP contribution in [0.1, 0.15) is 44.7 Å². The van der Waals surface area contributed by atoms with E-state index in [1.54, 1.807) is 20.0 Å². The predicted octanol–water partition coefficient (Wildman–Crippen LogP) is 3.62. The van der Waals surface area contributed by atoms with Gasteiger partial charge in [-0.1, -0.05) is 81.4 Å². The third-order valence-corrected chi connectivity index (χ3v) is 8.84. The van der Waals surface area contributed by atoms with Gasteiger partial charge >= 0.3 is 6.09 Å². The summed E-state index contributed by atoms with van der Waals surface area (Å²) in [5, 5.41) is 28.8. The van der Waals surface area contributed by atoms with Crippen LogP contribution in [0.15, 0.2) is 79.0 Å². The van der Waals surface area contributed by atoms with Crippen molar-refractivity contribution in [1.29, 1.82) is 0 Å². The number of nitrogens with one attached hydrogen (secondary N) is 3. The number of carboxylic acid groups (broad SMARTS) is 1. The summed E-state index contributed by atoms with van der Waals surface area (Å²) in [6, 6.07) is 21.4. The predicted molar refractivity (Wildman–Crippen MR) is 181 cm³/mol. The maximum atomic E-state index is 13.3. The smallest absolute Gasteiger partial charge is 0.404 e. The van der Waals surface area contributed by atoms with Crippen molar-refractivity contribution in [3.63, 3.8) is 0 Å². The van der Waals surface area contributed by atoms with E-state index in [0.29, 0.717) is 6.42 Å². The molecule has 2 aromatic carbocycles. The van der Waals surface area contributed by atoms with E-state index in [9.17, 15) is 27.9 Å². The van der Waals surface area contributed by atoms with E-state index < -0.39 is 51.4 Å². The third-order valence-electron chi connectivity index (χ3n) is 7.74. The fourth-order valence-corrected chi connectivity index (χ4v) is 6.44. The van der Waals surface area contributed by atoms with E-state index >= 15 is 0 Å². The molecule has 3 amide bonds. The van der Waals surface area contributed by atoms with E-state index in [2.05, 4.69) is 20.9 Å². The van der Waals surface area contributed by atoms with Gasteiger partial charge in [0.05, 0.1) is 23.6 Å². The quantitative estimate of drug-likeness (QED) is 0.145. The molecule has 0 aliphatic carbocycles. The lowest BCUT2D eigenvalue weighted by Gasteiger charge is -2.30. The molecule has 0 saturated heterocycles. The molecule has 254 valence electrons. The molecule has 47 heavy (non-hydrogen) atoms. The van der Waals surface area contributed by atoms with Crippen molar-refractivity contribution in [2.45, 2.75) is 64.6 Å². The minimum Gasteiger partial charge on any atom is -0.465 e. The molecular formula is C35H46N4O7S. The molecule has 0 aliphatic rings. The summed E-state index contributed by atoms with van der Waals surface area (Å²) in [6.07, 6.45) is 1.28. The van der Waals surface area contributed by atoms with Crippen molar-refractivity contribution in [3.05, 3.63) is 90.1 Å². The number of aliphatic hydroxyl groups is 1. The van der Waals surface area contributed by atoms with Crippen LogP contribution in [0.3, 0.4) is 0 Å². The van der Waals surface area contributed by atoms with Gasteiger partial charge in [-0.2, -0.15) is 0 Å². The molecule has 0 radical (unpaired) electrons. The Morgan fingerprint density at radius 1 is 0.894 bits per heavy atom. The van der Waals surface area contributed by atoms with E-state index in [-0.39, 0.29) is 37.5 Å². The number of hydrogen-bond acceptors (Lipinski definition) is 7. The van der Waals surface area contributed by atoms with Gasteiger partial charge in [-0.25, -0.2) is 13.2 Å². The Kier molecular flexibility index (Phi) is 13.5. The van der Waals surface area contributed by atoms with Gasteiger partial charge in [0.1, 0.15) is 9.84 Å². The van der Waals surface area contributed by atoms with Gasteiger partial charge in [-0.15, -0.1) is 0 Å². The Labute approximate surface area is 277 Å². The molecule has 3 aromatic rings. The molecule has 0 saturated carbocycles. The van der Waals surface area contributed by atoms with Crippen molar-refractivity contribution in [3.8, 4) is 11.3 Å². The van der Waals surface area contributed by atoms with Crippen molar-refractivity contribution in [2.75, 3.05) is 18.6 Å². The Bertz CT molecular complexity index is 1570. The maximum Gasteiger partial charge on any atom is 0.404 e. The number of aliphatic hydroxyl groups excluding tert-OH is 1. The van der Waals surface area contributed by atoms with Crippen molar-refractivity contribution in [1.82, 2.24) is 20.9 Å². The first-order chi connectivity index (χ1) is 22.1. The Morgan fingerprint density at radius 2 is 1.53 bits per heavy atom. The molecule has 0 spiro atoms. The summed E-state index contributed by atoms with van der Waals surface area (Å²) in [5.74, 6) is -1.96. The van der Waals surface area contributed by atoms with Crippen molar-refractivity contribution in [2.24, 2.45) is 11.3 Å². The van der Waals surface area contributed by atoms with Gasteiger partial charge in [-0.3, -0.25) is 14.6 Å². The normalized spacial score (nSPS) is 14.3. The summed E-state index contributed by atoms with van der Waals surface area (Å²) < 4.78 is 23.7. The first-order valence-electron chi connectivity index (χ1n) is 15.6. The standard InChI is InChI=1S/C35H46N4O7S/c1-24(22-47(4,45)46)33(42)39-30(19-25-10-6-5-7-11-25)31(40)20-28(38-32(41)21-35(2,3)23-37-34(43)44)18-26-13-15-27(16-14-26)29-12-8-9-17-36-29/h5-17,24,28,30-31,37,40H,18-23H2,1-4H3,(H,38,41)(H,39,42)(H,43,44)/t24-,28+,30+,31+/m1/s1. The van der Waals surface area contributed by atoms with Crippen LogP contribution in [0, 0.1) is 11.3 Å². The molecule has 1 aromatic heterocycles. The summed E-state index contributed by atoms with van der Waals surface area (Å²) in [7, 11) is -3.41. The minimum atomic E-state index is -3.41. The number of nitrogens with zero attached hydrogens (tertiary/aromatic N) is 1. The van der Waals surface area contributed by atoms with Gasteiger partial charge in [0, 0.05) is 42.9 Å². The highest BCUT2D eigenvalue weighted by molar-refractivity contribution is 7.90. The second kappa shape index (κ2) is 17.0. The molecule has 0 aliphatic heterocycles. The largest absolute Gasteiger partial charge is 0.465 e. The molecule has 4 atom stereocenters. The second-order valence-electron chi connectivity index (χ2n) is 13.0. The second-order valence-corrected chi connectivity index (χ2v) is 15.2. The van der Waals surface area contributed by atoms with Crippen LogP contribution in [0.2, 0.25) is 0 Å². The number of sulfone groups is 1. The number of benzene rings is 2. The Hall–Kier alpha value is -4.29. The molecule has 12 heteroatoms. The average Bonchev–Trinajstić information content (AvgIpc) is 3.00. The molecule has 5 N–H and O–H groups in total. The summed E-state index contributed by atoms with van der Waals surface area (Å²) in [5.41, 5.74) is 2.85. The van der Waals surface area contributed by atoms with Crippen LogP contribution in [-0.4, -0.2) is 78.3 Å². The van der Waals surface area contributed by atoms with E-state index in [1.165, 1.54) is 6.92 Å². The van der Waals surface area contributed by atoms with Crippen molar-refractivity contribution >= 4 is 27.7 Å². The van der Waals surface area contributed by atoms with E-state index in [0.717, 1.165) is 28.6 Å². The molecule has 0 unspecified atom stereocenters. The van der Waals surface area contributed by atoms with Gasteiger partial charge in [0.15, 0.2) is 0 Å². The average molecular weight is 667 g/mol. The zero-order valence-corrected chi connectivity index (χ0v) is 28.2. The summed E-state index contributed by atoms with van der Waals surface area (Å²) in [6.45, 7) is 5.17. The molecule has 1 heterocycles. The van der Waals surface area contributed by atoms with Gasteiger partial charge in [0.25, 0.3) is 0 Å². The number of aromatic nitrogens is 1. The van der Waals surface area contributed by atoms with Crippen LogP contribution in [0.4, 0.5) is 4.79 Å². The molecular weight excluding hydrogens is 620 g/mol. The zero-order valence-electron chi connectivity index (χ0n) is 27.3. The van der Waals surface area contributed by atoms with Gasteiger partial charge < -0.3 is 26.2 Å². The Balaban J connectivity index is 1.84. The minimum absolute atomic E-state index is 0.0334. The van der Waals surface area contributed by atoms with Crippen LogP contribution < -0.4 is 16.0 Å². The first-order valence-corrected chi connectivity index (χ1v) is 17.6. The Morgan fingerprint density at radius 3 is 2.13 bits per heavy atom. The van der Waals surface area contributed by atoms with Crippen LogP contribution in [0.5, 0.6) is 0 Å². The first kappa shape index (κ1) is 37.2. The van der Waals surface area contributed by atoms with Crippen molar-refractivity contribution < 1.29 is 33.0 Å². The highest BCUT2D eigenvalue weighted by Gasteiger charge is 2.30. The van der Waals surface area contributed by atoms with Gasteiger partial charge in [0.2, 0.25) is 11.8 Å². The van der Waals surface area contributed by atoms with Crippen LogP contribution in [-0.2, 0) is 32.3 Å². The highest BCUT2D eigenvalue weighted by atomic mass is 32.2. The maximum absolute atomic E-state index is 13.3. The lowest BCUT2D eigenvalue weighted by Crippen LogP contribution is -2.50. The number of pyridine rings is 1. The number of carbonyl (C=O) groups is 3. The third kappa shape index (κ3) is 13.5. The lowest BCUT2D eigenvalue weighted by molar-refractivity contribution is -0.126. The number of carbonyl (C=O) groups excluding carboxylic acids is 2. The molecule has 11 nitrogen and oxygen atoms in total. The fourth-order valence-electron chi connectivity index (χ4n) is 5.38. The summed E-state index contributed by atoms with van der Waals surface area (Å²) in [4.78, 5) is 41.8. The summed E-state index contributed by atoms with van der Waals surface area (Å²) >= 11 is 0. The monoisotopic (exact) mass is 666 g/mol. The SMILES string of the molecule is C[C@H](CS(C)(=O)=O)C(=O)N[C@@H](Cc1ccccc1)[C@@H](O)C[C@H](Cc1ccc(-c2ccccn2)cc1)NC(=O)CC(C)(C)CNC(=O)O. The lowest BCUT2D eigenvalue weighted by atomic mass is 9.88. The zero-order chi connectivity index (χ0) is 34.6. The van der Waals surface area contributed by atoms with E-state index in [4.69, 9.17) is 5.11 Å². The fraction of sp³-hybridized carbons (Fsp3) is 0.429. The molecule has 3 rings (SSSR count). The molecule has 0 fully saturated rings. The van der Waals surface area contributed by atoms with Crippen LogP contribution >= 0.6 is 0 Å². The number of amides is 3. The number of rotatable bonds is 17.